The Morgan fingerprint density at radius 2 is 1.73 bits per heavy atom. The highest BCUT2D eigenvalue weighted by Crippen LogP contribution is 2.37. The highest BCUT2D eigenvalue weighted by atomic mass is 35.5. The molecule has 3 aromatic carbocycles. The van der Waals surface area contributed by atoms with Gasteiger partial charge in [-0.15, -0.1) is 0 Å². The number of hydrogen-bond acceptors (Lipinski definition) is 3. The van der Waals surface area contributed by atoms with Crippen LogP contribution in [0.3, 0.4) is 0 Å². The van der Waals surface area contributed by atoms with Gasteiger partial charge in [0.2, 0.25) is 5.91 Å². The number of anilines is 1. The van der Waals surface area contributed by atoms with Crippen molar-refractivity contribution in [2.45, 2.75) is 25.3 Å². The van der Waals surface area contributed by atoms with Crippen molar-refractivity contribution in [1.29, 1.82) is 0 Å². The van der Waals surface area contributed by atoms with Crippen molar-refractivity contribution in [3.63, 3.8) is 0 Å². The lowest BCUT2D eigenvalue weighted by Gasteiger charge is -2.43. The maximum absolute atomic E-state index is 13.6. The van der Waals surface area contributed by atoms with Gasteiger partial charge in [0.05, 0.1) is 23.2 Å². The minimum Gasteiger partial charge on any atom is -0.461 e. The first-order valence-corrected chi connectivity index (χ1v) is 13.5. The number of para-hydroxylation sites is 1. The molecule has 1 aliphatic carbocycles. The average molecular weight is 554 g/mol. The van der Waals surface area contributed by atoms with Gasteiger partial charge in [0, 0.05) is 41.7 Å². The zero-order valence-electron chi connectivity index (χ0n) is 20.2. The lowest BCUT2D eigenvalue weighted by atomic mass is 10.0. The quantitative estimate of drug-likeness (QED) is 0.311. The van der Waals surface area contributed by atoms with E-state index in [0.29, 0.717) is 34.7 Å². The summed E-state index contributed by atoms with van der Waals surface area (Å²) in [7, 11) is 0. The van der Waals surface area contributed by atoms with Gasteiger partial charge in [-0.3, -0.25) is 4.79 Å². The zero-order valence-corrected chi connectivity index (χ0v) is 22.5. The van der Waals surface area contributed by atoms with Crippen molar-refractivity contribution < 1.29 is 9.53 Å². The highest BCUT2D eigenvalue weighted by Gasteiger charge is 2.32. The normalized spacial score (nSPS) is 17.5. The first kappa shape index (κ1) is 25.7. The molecular weight excluding hydrogens is 527 g/mol. The third kappa shape index (κ3) is 6.15. The molecule has 1 heterocycles. The van der Waals surface area contributed by atoms with Crippen LogP contribution in [0.2, 0.25) is 15.1 Å². The summed E-state index contributed by atoms with van der Waals surface area (Å²) in [5, 5.41) is 1.85. The molecule has 0 bridgehead atoms. The molecule has 4 nitrogen and oxygen atoms in total. The van der Waals surface area contributed by atoms with Gasteiger partial charge in [-0.25, -0.2) is 0 Å². The van der Waals surface area contributed by atoms with E-state index in [1.165, 1.54) is 0 Å². The minimum absolute atomic E-state index is 0.0642. The molecule has 190 valence electrons. The topological polar surface area (TPSA) is 32.8 Å². The summed E-state index contributed by atoms with van der Waals surface area (Å²) >= 11 is 18.9. The van der Waals surface area contributed by atoms with E-state index in [4.69, 9.17) is 39.5 Å². The van der Waals surface area contributed by atoms with Crippen molar-refractivity contribution in [3.8, 4) is 5.75 Å². The van der Waals surface area contributed by atoms with E-state index in [0.717, 1.165) is 41.2 Å². The Bertz CT molecular complexity index is 1340. The first-order valence-electron chi connectivity index (χ1n) is 12.3. The largest absolute Gasteiger partial charge is 0.461 e. The number of ether oxygens (including phenoxy) is 1. The van der Waals surface area contributed by atoms with E-state index in [-0.39, 0.29) is 18.4 Å². The Morgan fingerprint density at radius 3 is 2.49 bits per heavy atom. The molecule has 0 N–H and O–H groups in total. The van der Waals surface area contributed by atoms with Gasteiger partial charge >= 0.3 is 0 Å². The molecule has 1 unspecified atom stereocenters. The van der Waals surface area contributed by atoms with Crippen LogP contribution in [-0.2, 0) is 11.2 Å². The van der Waals surface area contributed by atoms with Crippen LogP contribution in [-0.4, -0.2) is 30.4 Å². The van der Waals surface area contributed by atoms with Gasteiger partial charge in [0.1, 0.15) is 11.5 Å². The van der Waals surface area contributed by atoms with Gasteiger partial charge in [-0.05, 0) is 54.5 Å². The Balaban J connectivity index is 1.37. The summed E-state index contributed by atoms with van der Waals surface area (Å²) in [5.41, 5.74) is 2.84. The fraction of sp³-hybridized carbons (Fsp3) is 0.233. The van der Waals surface area contributed by atoms with E-state index < -0.39 is 0 Å². The third-order valence-electron chi connectivity index (χ3n) is 6.74. The number of benzene rings is 3. The number of nitrogens with zero attached hydrogens (tertiary/aromatic N) is 2. The molecule has 0 saturated carbocycles. The van der Waals surface area contributed by atoms with Crippen LogP contribution in [0.25, 0.3) is 0 Å². The monoisotopic (exact) mass is 552 g/mol. The molecule has 0 spiro atoms. The van der Waals surface area contributed by atoms with Crippen molar-refractivity contribution in [2.75, 3.05) is 24.5 Å². The molecule has 7 heteroatoms. The average Bonchev–Trinajstić information content (AvgIpc) is 2.91. The van der Waals surface area contributed by atoms with Gasteiger partial charge in [0.25, 0.3) is 0 Å². The standard InChI is InChI=1S/C30H27Cl3N2O2/c31-23-12-10-21(11-13-23)28-20-34(16-17-35(28)27-15-14-24(32)19-26(27)33)30(36)18-22-6-4-5-9-29(22)37-25-7-2-1-3-8-25/h1-2,4-7,9-15,19,28H,3,8,16-18,20H2. The predicted molar refractivity (Wildman–Crippen MR) is 152 cm³/mol. The number of halogens is 3. The van der Waals surface area contributed by atoms with Gasteiger partial charge in [-0.1, -0.05) is 77.3 Å². The van der Waals surface area contributed by atoms with Crippen LogP contribution in [0.5, 0.6) is 5.75 Å². The molecule has 0 aromatic heterocycles. The Hall–Kier alpha value is -2.92. The Morgan fingerprint density at radius 1 is 0.946 bits per heavy atom. The molecule has 3 aromatic rings. The Labute approximate surface area is 232 Å². The Kier molecular flexibility index (Phi) is 8.09. The first-order chi connectivity index (χ1) is 18.0. The van der Waals surface area contributed by atoms with Gasteiger partial charge in [-0.2, -0.15) is 0 Å². The zero-order chi connectivity index (χ0) is 25.8. The fourth-order valence-electron chi connectivity index (χ4n) is 4.81. The van der Waals surface area contributed by atoms with Crippen molar-refractivity contribution in [3.05, 3.63) is 117 Å². The lowest BCUT2D eigenvalue weighted by Crippen LogP contribution is -2.51. The smallest absolute Gasteiger partial charge is 0.227 e. The molecule has 1 atom stereocenters. The van der Waals surface area contributed by atoms with E-state index in [1.54, 1.807) is 6.07 Å². The van der Waals surface area contributed by atoms with Crippen LogP contribution in [0.15, 0.2) is 90.7 Å². The second-order valence-corrected chi connectivity index (χ2v) is 10.5. The van der Waals surface area contributed by atoms with E-state index in [2.05, 4.69) is 11.0 Å². The molecule has 0 radical (unpaired) electrons. The number of carbonyl (C=O) groups is 1. The highest BCUT2D eigenvalue weighted by molar-refractivity contribution is 6.36. The molecule has 2 aliphatic rings. The van der Waals surface area contributed by atoms with Crippen LogP contribution in [0.4, 0.5) is 5.69 Å². The fourth-order valence-corrected chi connectivity index (χ4v) is 5.46. The molecular formula is C30H27Cl3N2O2. The van der Waals surface area contributed by atoms with E-state index in [1.807, 2.05) is 77.7 Å². The maximum Gasteiger partial charge on any atom is 0.227 e. The second-order valence-electron chi connectivity index (χ2n) is 9.18. The van der Waals surface area contributed by atoms with Crippen LogP contribution >= 0.6 is 34.8 Å². The second kappa shape index (κ2) is 11.6. The summed E-state index contributed by atoms with van der Waals surface area (Å²) in [6.45, 7) is 1.75. The molecule has 1 aliphatic heterocycles. The molecule has 1 amide bonds. The van der Waals surface area contributed by atoms with Crippen molar-refractivity contribution in [1.82, 2.24) is 4.90 Å². The number of allylic oxidation sites excluding steroid dienone is 4. The summed E-state index contributed by atoms with van der Waals surface area (Å²) in [6, 6.07) is 21.0. The molecule has 1 fully saturated rings. The van der Waals surface area contributed by atoms with Crippen molar-refractivity contribution >= 4 is 46.4 Å². The lowest BCUT2D eigenvalue weighted by molar-refractivity contribution is -0.131. The van der Waals surface area contributed by atoms with Crippen LogP contribution in [0.1, 0.15) is 30.0 Å². The van der Waals surface area contributed by atoms with E-state index >= 15 is 0 Å². The summed E-state index contributed by atoms with van der Waals surface area (Å²) in [6.07, 6.45) is 8.21. The number of piperazine rings is 1. The maximum atomic E-state index is 13.6. The third-order valence-corrected chi connectivity index (χ3v) is 7.53. The molecule has 1 saturated heterocycles. The van der Waals surface area contributed by atoms with Crippen molar-refractivity contribution in [2.24, 2.45) is 0 Å². The van der Waals surface area contributed by atoms with Crippen LogP contribution in [0, 0.1) is 0 Å². The van der Waals surface area contributed by atoms with Gasteiger partial charge in [0.15, 0.2) is 0 Å². The minimum atomic E-state index is -0.0840. The van der Waals surface area contributed by atoms with Gasteiger partial charge < -0.3 is 14.5 Å². The SMILES string of the molecule is O=C(Cc1ccccc1OC1=CC=CCC1)N1CCN(c2ccc(Cl)cc2Cl)C(c2ccc(Cl)cc2)C1. The number of carbonyl (C=O) groups excluding carboxylic acids is 1. The molecule has 37 heavy (non-hydrogen) atoms. The summed E-state index contributed by atoms with van der Waals surface area (Å²) in [5.74, 6) is 1.71. The summed E-state index contributed by atoms with van der Waals surface area (Å²) in [4.78, 5) is 17.7. The van der Waals surface area contributed by atoms with E-state index in [9.17, 15) is 4.79 Å². The number of amides is 1. The number of rotatable bonds is 6. The number of hydrogen-bond donors (Lipinski definition) is 0. The van der Waals surface area contributed by atoms with Crippen LogP contribution < -0.4 is 9.64 Å². The summed E-state index contributed by atoms with van der Waals surface area (Å²) < 4.78 is 6.17. The molecule has 5 rings (SSSR count). The predicted octanol–water partition coefficient (Wildman–Crippen LogP) is 7.89.